The van der Waals surface area contributed by atoms with Crippen molar-refractivity contribution in [2.75, 3.05) is 26.2 Å². The van der Waals surface area contributed by atoms with E-state index < -0.39 is 0 Å². The van der Waals surface area contributed by atoms with Gasteiger partial charge in [-0.2, -0.15) is 0 Å². The minimum atomic E-state index is 0.418. The molecule has 0 aromatic heterocycles. The summed E-state index contributed by atoms with van der Waals surface area (Å²) >= 11 is 0. The average molecular weight is 586 g/mol. The molecule has 0 radical (unpaired) electrons. The van der Waals surface area contributed by atoms with E-state index in [9.17, 15) is 0 Å². The van der Waals surface area contributed by atoms with Crippen LogP contribution in [-0.4, -0.2) is 36.8 Å². The molecule has 3 aliphatic heterocycles. The highest BCUT2D eigenvalue weighted by Crippen LogP contribution is 2.35. The topological polar surface area (TPSA) is 28.0 Å². The lowest BCUT2D eigenvalue weighted by Gasteiger charge is -2.31. The Labute approximate surface area is 264 Å². The number of likely N-dealkylation sites (tertiary alicyclic amines) is 1. The first kappa shape index (κ1) is 27.0. The first-order valence-corrected chi connectivity index (χ1v) is 17.0. The number of rotatable bonds is 6. The van der Waals surface area contributed by atoms with Crippen molar-refractivity contribution >= 4 is 22.9 Å². The van der Waals surface area contributed by atoms with Gasteiger partial charge in [-0.3, -0.25) is 4.99 Å². The fourth-order valence-electron chi connectivity index (χ4n) is 8.67. The van der Waals surface area contributed by atoms with E-state index in [1.807, 2.05) is 0 Å². The molecule has 0 N–H and O–H groups in total. The zero-order valence-corrected chi connectivity index (χ0v) is 25.9. The van der Waals surface area contributed by atoms with Crippen LogP contribution in [0.2, 0.25) is 0 Å². The molecule has 0 spiro atoms. The van der Waals surface area contributed by atoms with Crippen molar-refractivity contribution < 1.29 is 0 Å². The van der Waals surface area contributed by atoms with E-state index in [1.54, 1.807) is 11.1 Å². The normalized spacial score (nSPS) is 21.4. The Kier molecular flexibility index (Phi) is 6.74. The summed E-state index contributed by atoms with van der Waals surface area (Å²) in [6.45, 7) is 4.39. The number of hydrogen-bond acceptors (Lipinski definition) is 3. The third-order valence-electron chi connectivity index (χ3n) is 10.8. The lowest BCUT2D eigenvalue weighted by atomic mass is 9.74. The first-order chi connectivity index (χ1) is 22.3. The molecule has 4 aromatic rings. The van der Waals surface area contributed by atoms with Crippen LogP contribution in [0.1, 0.15) is 48.3 Å². The fraction of sp³-hybridized carbons (Fsp3) is 0.286. The Morgan fingerprint density at radius 2 is 1.53 bits per heavy atom. The Hall–Kier alpha value is -4.34. The largest absolute Gasteiger partial charge is 0.303 e. The molecule has 0 amide bonds. The Balaban J connectivity index is 1.24. The predicted octanol–water partition coefficient (Wildman–Crippen LogP) is 5.12. The standard InChI is InChI=1S/C42H39N3/c1-2-10-28(11-3-1)24-30-16-17-35-36(42(30)40-26-39-37(27-43-40)33-14-6-7-15-38(33)44-39)19-18-34-32-13-5-4-12-29(32)25-31(41(34)35)20-23-45-21-8-9-22-45/h1-7,10-15,18-19,25-26,30-31H,8-9,16-17,20-24,27H2. The van der Waals surface area contributed by atoms with Crippen molar-refractivity contribution in [3.05, 3.63) is 151 Å². The Bertz CT molecular complexity index is 2240. The average Bonchev–Trinajstić information content (AvgIpc) is 3.75. The number of allylic oxidation sites excluding steroid dienone is 1. The van der Waals surface area contributed by atoms with Gasteiger partial charge in [-0.25, -0.2) is 4.99 Å². The highest BCUT2D eigenvalue weighted by Gasteiger charge is 2.30. The highest BCUT2D eigenvalue weighted by atomic mass is 15.1. The molecular formula is C42H39N3. The van der Waals surface area contributed by atoms with Crippen LogP contribution >= 0.6 is 0 Å². The van der Waals surface area contributed by atoms with Crippen molar-refractivity contribution in [2.24, 2.45) is 15.9 Å². The molecule has 2 atom stereocenters. The summed E-state index contributed by atoms with van der Waals surface area (Å²) in [5, 5.41) is 7.97. The van der Waals surface area contributed by atoms with Crippen LogP contribution in [0.4, 0.5) is 0 Å². The van der Waals surface area contributed by atoms with Gasteiger partial charge in [0.25, 0.3) is 0 Å². The van der Waals surface area contributed by atoms with Gasteiger partial charge >= 0.3 is 0 Å². The second-order valence-electron chi connectivity index (χ2n) is 13.4. The van der Waals surface area contributed by atoms with Crippen LogP contribution in [0.5, 0.6) is 0 Å². The van der Waals surface area contributed by atoms with Gasteiger partial charge in [0, 0.05) is 16.7 Å². The van der Waals surface area contributed by atoms with Gasteiger partial charge in [0.1, 0.15) is 0 Å². The van der Waals surface area contributed by atoms with E-state index in [0.29, 0.717) is 18.4 Å². The van der Waals surface area contributed by atoms with E-state index in [2.05, 4.69) is 108 Å². The van der Waals surface area contributed by atoms with Crippen LogP contribution < -0.4 is 21.0 Å². The van der Waals surface area contributed by atoms with Gasteiger partial charge in [-0.15, -0.1) is 0 Å². The van der Waals surface area contributed by atoms with E-state index >= 15 is 0 Å². The minimum absolute atomic E-state index is 0.418. The van der Waals surface area contributed by atoms with Crippen molar-refractivity contribution in [1.82, 2.24) is 4.90 Å². The van der Waals surface area contributed by atoms with E-state index in [-0.39, 0.29) is 0 Å². The quantitative estimate of drug-likeness (QED) is 0.309. The third-order valence-corrected chi connectivity index (χ3v) is 10.8. The van der Waals surface area contributed by atoms with Gasteiger partial charge < -0.3 is 4.90 Å². The van der Waals surface area contributed by atoms with Gasteiger partial charge in [0.2, 0.25) is 0 Å². The summed E-state index contributed by atoms with van der Waals surface area (Å²) in [4.78, 5) is 13.1. The SMILES string of the molecule is C1=C2N=c3ccccc3=C2CN=C1C1=c2ccc3c(c2CCC1Cc1ccccc1)C(CCN1CCCC1)C=c1ccccc1=3. The number of aliphatic imine (C=N–C) groups is 1. The zero-order chi connectivity index (χ0) is 29.7. The van der Waals surface area contributed by atoms with Crippen molar-refractivity contribution in [1.29, 1.82) is 0 Å². The second-order valence-corrected chi connectivity index (χ2v) is 13.4. The summed E-state index contributed by atoms with van der Waals surface area (Å²) in [6.07, 6.45) is 12.1. The number of nitrogens with zero attached hydrogens (tertiary/aromatic N) is 3. The molecule has 0 bridgehead atoms. The molecule has 1 fully saturated rings. The fourth-order valence-corrected chi connectivity index (χ4v) is 8.67. The van der Waals surface area contributed by atoms with Crippen LogP contribution in [0.25, 0.3) is 17.2 Å². The third kappa shape index (κ3) is 4.76. The zero-order valence-electron chi connectivity index (χ0n) is 25.9. The number of hydrogen-bond donors (Lipinski definition) is 0. The lowest BCUT2D eigenvalue weighted by molar-refractivity contribution is 0.330. The second kappa shape index (κ2) is 11.2. The smallest absolute Gasteiger partial charge is 0.0716 e. The molecule has 3 heteroatoms. The highest BCUT2D eigenvalue weighted by molar-refractivity contribution is 6.27. The van der Waals surface area contributed by atoms with Crippen LogP contribution in [0.3, 0.4) is 0 Å². The molecule has 0 saturated carbocycles. The molecule has 5 aliphatic rings. The minimum Gasteiger partial charge on any atom is -0.303 e. The van der Waals surface area contributed by atoms with Gasteiger partial charge in [-0.1, -0.05) is 91.0 Å². The van der Waals surface area contributed by atoms with Crippen LogP contribution in [0, 0.1) is 16.4 Å². The summed E-state index contributed by atoms with van der Waals surface area (Å²) in [7, 11) is 0. The van der Waals surface area contributed by atoms with Gasteiger partial charge in [0.15, 0.2) is 0 Å². The van der Waals surface area contributed by atoms with Gasteiger partial charge in [-0.05, 0) is 119 Å². The molecule has 9 rings (SSSR count). The number of fused-ring (bicyclic) bond motifs is 6. The Morgan fingerprint density at radius 1 is 0.756 bits per heavy atom. The molecule has 2 aliphatic carbocycles. The maximum absolute atomic E-state index is 5.33. The predicted molar refractivity (Wildman–Crippen MR) is 184 cm³/mol. The van der Waals surface area contributed by atoms with E-state index in [4.69, 9.17) is 9.98 Å². The molecule has 3 nitrogen and oxygen atoms in total. The summed E-state index contributed by atoms with van der Waals surface area (Å²) in [6, 6.07) is 33.5. The number of para-hydroxylation sites is 1. The molecule has 222 valence electrons. The monoisotopic (exact) mass is 585 g/mol. The number of benzene rings is 4. The molecule has 4 aromatic carbocycles. The first-order valence-electron chi connectivity index (χ1n) is 17.0. The van der Waals surface area contributed by atoms with Crippen molar-refractivity contribution in [2.45, 2.75) is 44.4 Å². The molecule has 2 unspecified atom stereocenters. The maximum Gasteiger partial charge on any atom is 0.0716 e. The molecule has 45 heavy (non-hydrogen) atoms. The molecular weight excluding hydrogens is 546 g/mol. The van der Waals surface area contributed by atoms with Crippen molar-refractivity contribution in [3.8, 4) is 0 Å². The van der Waals surface area contributed by atoms with Crippen LogP contribution in [0.15, 0.2) is 113 Å². The molecule has 1 saturated heterocycles. The van der Waals surface area contributed by atoms with E-state index in [0.717, 1.165) is 36.0 Å². The van der Waals surface area contributed by atoms with Crippen LogP contribution in [-0.2, 0) is 12.8 Å². The lowest BCUT2D eigenvalue weighted by Crippen LogP contribution is -2.33. The summed E-state index contributed by atoms with van der Waals surface area (Å²) in [5.74, 6) is 0.852. The van der Waals surface area contributed by atoms with E-state index in [1.165, 1.54) is 81.7 Å². The van der Waals surface area contributed by atoms with Gasteiger partial charge in [0.05, 0.1) is 23.3 Å². The van der Waals surface area contributed by atoms with Crippen molar-refractivity contribution in [3.63, 3.8) is 0 Å². The molecule has 3 heterocycles. The Morgan fingerprint density at radius 3 is 2.42 bits per heavy atom. The maximum atomic E-state index is 5.33. The number of dihydropyridines is 1. The summed E-state index contributed by atoms with van der Waals surface area (Å²) in [5.41, 5.74) is 9.48. The summed E-state index contributed by atoms with van der Waals surface area (Å²) < 4.78 is 0.